The predicted octanol–water partition coefficient (Wildman–Crippen LogP) is 3.52. The van der Waals surface area contributed by atoms with Crippen LogP contribution < -0.4 is 15.4 Å². The number of hydrogen-bond donors (Lipinski definition) is 2. The second kappa shape index (κ2) is 6.96. The summed E-state index contributed by atoms with van der Waals surface area (Å²) in [5.41, 5.74) is 3.88. The van der Waals surface area contributed by atoms with Gasteiger partial charge in [0.05, 0.1) is 12.7 Å². The molecule has 0 bridgehead atoms. The molecular formula is C18H20N2O3. The fourth-order valence-corrected chi connectivity index (χ4v) is 2.18. The molecular weight excluding hydrogens is 292 g/mol. The third kappa shape index (κ3) is 4.10. The molecule has 23 heavy (non-hydrogen) atoms. The predicted molar refractivity (Wildman–Crippen MR) is 91.2 cm³/mol. The highest BCUT2D eigenvalue weighted by Crippen LogP contribution is 2.24. The molecule has 5 heteroatoms. The van der Waals surface area contributed by atoms with E-state index in [4.69, 9.17) is 4.74 Å². The number of ether oxygens (including phenoxy) is 1. The minimum absolute atomic E-state index is 0.198. The minimum atomic E-state index is -0.294. The van der Waals surface area contributed by atoms with E-state index < -0.39 is 0 Å². The van der Waals surface area contributed by atoms with Gasteiger partial charge in [-0.25, -0.2) is 0 Å². The summed E-state index contributed by atoms with van der Waals surface area (Å²) in [4.78, 5) is 23.7. The molecule has 0 spiro atoms. The molecule has 2 rings (SSSR count). The van der Waals surface area contributed by atoms with Crippen LogP contribution in [-0.2, 0) is 4.79 Å². The Hall–Kier alpha value is -2.82. The van der Waals surface area contributed by atoms with Crippen molar-refractivity contribution in [1.82, 2.24) is 0 Å². The van der Waals surface area contributed by atoms with E-state index in [1.807, 2.05) is 32.0 Å². The Morgan fingerprint density at radius 1 is 0.913 bits per heavy atom. The fourth-order valence-electron chi connectivity index (χ4n) is 2.18. The third-order valence-electron chi connectivity index (χ3n) is 3.53. The second-order valence-corrected chi connectivity index (χ2v) is 5.35. The molecule has 0 aliphatic heterocycles. The summed E-state index contributed by atoms with van der Waals surface area (Å²) in [5.74, 6) is -0.0478. The Balaban J connectivity index is 2.29. The molecule has 0 saturated carbocycles. The first kappa shape index (κ1) is 16.5. The molecule has 0 aromatic heterocycles. The number of benzene rings is 2. The van der Waals surface area contributed by atoms with Gasteiger partial charge < -0.3 is 15.4 Å². The van der Waals surface area contributed by atoms with Crippen LogP contribution in [0.2, 0.25) is 0 Å². The molecule has 0 saturated heterocycles. The number of hydrogen-bond acceptors (Lipinski definition) is 3. The second-order valence-electron chi connectivity index (χ2n) is 5.35. The van der Waals surface area contributed by atoms with E-state index in [2.05, 4.69) is 10.6 Å². The SMILES string of the molecule is COc1ccc(NC(C)=O)cc1C(=O)Nc1ccc(C)c(C)c1. The Bertz CT molecular complexity index is 754. The Kier molecular flexibility index (Phi) is 5.01. The summed E-state index contributed by atoms with van der Waals surface area (Å²) in [6, 6.07) is 10.7. The van der Waals surface area contributed by atoms with Crippen LogP contribution in [0.15, 0.2) is 36.4 Å². The van der Waals surface area contributed by atoms with Crippen molar-refractivity contribution in [3.63, 3.8) is 0 Å². The van der Waals surface area contributed by atoms with Crippen LogP contribution in [-0.4, -0.2) is 18.9 Å². The molecule has 0 aliphatic rings. The smallest absolute Gasteiger partial charge is 0.259 e. The molecule has 5 nitrogen and oxygen atoms in total. The highest BCUT2D eigenvalue weighted by atomic mass is 16.5. The van der Waals surface area contributed by atoms with E-state index in [1.165, 1.54) is 14.0 Å². The van der Waals surface area contributed by atoms with Gasteiger partial charge in [0.25, 0.3) is 5.91 Å². The number of nitrogens with one attached hydrogen (secondary N) is 2. The topological polar surface area (TPSA) is 67.4 Å². The summed E-state index contributed by atoms with van der Waals surface area (Å²) >= 11 is 0. The molecule has 120 valence electrons. The Morgan fingerprint density at radius 3 is 2.17 bits per heavy atom. The molecule has 0 radical (unpaired) electrons. The maximum atomic E-state index is 12.5. The fraction of sp³-hybridized carbons (Fsp3) is 0.222. The maximum Gasteiger partial charge on any atom is 0.259 e. The lowest BCUT2D eigenvalue weighted by Crippen LogP contribution is -2.14. The number of anilines is 2. The highest BCUT2D eigenvalue weighted by molar-refractivity contribution is 6.07. The zero-order chi connectivity index (χ0) is 17.0. The molecule has 0 aliphatic carbocycles. The van der Waals surface area contributed by atoms with Gasteiger partial charge in [0, 0.05) is 18.3 Å². The Labute approximate surface area is 135 Å². The normalized spacial score (nSPS) is 10.1. The number of carbonyl (C=O) groups excluding carboxylic acids is 2. The number of methoxy groups -OCH3 is 1. The van der Waals surface area contributed by atoms with Crippen LogP contribution >= 0.6 is 0 Å². The van der Waals surface area contributed by atoms with Gasteiger partial charge in [-0.2, -0.15) is 0 Å². The minimum Gasteiger partial charge on any atom is -0.496 e. The van der Waals surface area contributed by atoms with Crippen molar-refractivity contribution >= 4 is 23.2 Å². The van der Waals surface area contributed by atoms with Gasteiger partial charge in [-0.15, -0.1) is 0 Å². The van der Waals surface area contributed by atoms with Gasteiger partial charge in [0.1, 0.15) is 5.75 Å². The quantitative estimate of drug-likeness (QED) is 0.907. The van der Waals surface area contributed by atoms with Crippen LogP contribution in [0.25, 0.3) is 0 Å². The van der Waals surface area contributed by atoms with Gasteiger partial charge in [0.15, 0.2) is 0 Å². The summed E-state index contributed by atoms with van der Waals surface area (Å²) in [7, 11) is 1.50. The van der Waals surface area contributed by atoms with Crippen molar-refractivity contribution in [2.45, 2.75) is 20.8 Å². The first-order valence-corrected chi connectivity index (χ1v) is 7.25. The van der Waals surface area contributed by atoms with Crippen molar-refractivity contribution in [3.05, 3.63) is 53.1 Å². The largest absolute Gasteiger partial charge is 0.496 e. The van der Waals surface area contributed by atoms with Crippen molar-refractivity contribution in [3.8, 4) is 5.75 Å². The van der Waals surface area contributed by atoms with Gasteiger partial charge in [-0.1, -0.05) is 6.07 Å². The van der Waals surface area contributed by atoms with Crippen LogP contribution in [0.1, 0.15) is 28.4 Å². The van der Waals surface area contributed by atoms with E-state index in [-0.39, 0.29) is 11.8 Å². The number of aryl methyl sites for hydroxylation is 2. The summed E-state index contributed by atoms with van der Waals surface area (Å²) in [5, 5.41) is 5.51. The first-order chi connectivity index (χ1) is 10.9. The van der Waals surface area contributed by atoms with Gasteiger partial charge >= 0.3 is 0 Å². The zero-order valence-electron chi connectivity index (χ0n) is 13.7. The van der Waals surface area contributed by atoms with Crippen LogP contribution in [0, 0.1) is 13.8 Å². The van der Waals surface area contributed by atoms with Crippen molar-refractivity contribution < 1.29 is 14.3 Å². The molecule has 2 aromatic rings. The molecule has 0 atom stereocenters. The van der Waals surface area contributed by atoms with Crippen LogP contribution in [0.3, 0.4) is 0 Å². The van der Waals surface area contributed by atoms with Crippen molar-refractivity contribution in [2.24, 2.45) is 0 Å². The van der Waals surface area contributed by atoms with Crippen LogP contribution in [0.5, 0.6) is 5.75 Å². The third-order valence-corrected chi connectivity index (χ3v) is 3.53. The maximum absolute atomic E-state index is 12.5. The van der Waals surface area contributed by atoms with E-state index in [1.54, 1.807) is 18.2 Å². The average molecular weight is 312 g/mol. The Morgan fingerprint density at radius 2 is 1.57 bits per heavy atom. The first-order valence-electron chi connectivity index (χ1n) is 7.25. The lowest BCUT2D eigenvalue weighted by molar-refractivity contribution is -0.114. The van der Waals surface area contributed by atoms with Crippen LogP contribution in [0.4, 0.5) is 11.4 Å². The number of amides is 2. The molecule has 2 aromatic carbocycles. The van der Waals surface area contributed by atoms with E-state index in [0.717, 1.165) is 11.1 Å². The van der Waals surface area contributed by atoms with Gasteiger partial charge in [0.2, 0.25) is 5.91 Å². The molecule has 0 unspecified atom stereocenters. The standard InChI is InChI=1S/C18H20N2O3/c1-11-5-6-14(9-12(11)2)20-18(22)16-10-15(19-13(3)21)7-8-17(16)23-4/h5-10H,1-4H3,(H,19,21)(H,20,22). The monoisotopic (exact) mass is 312 g/mol. The van der Waals surface area contributed by atoms with E-state index in [9.17, 15) is 9.59 Å². The zero-order valence-corrected chi connectivity index (χ0v) is 13.7. The lowest BCUT2D eigenvalue weighted by atomic mass is 10.1. The molecule has 2 N–H and O–H groups in total. The van der Waals surface area contributed by atoms with Crippen molar-refractivity contribution in [2.75, 3.05) is 17.7 Å². The van der Waals surface area contributed by atoms with Crippen molar-refractivity contribution in [1.29, 1.82) is 0 Å². The summed E-state index contributed by atoms with van der Waals surface area (Å²) < 4.78 is 5.23. The van der Waals surface area contributed by atoms with E-state index in [0.29, 0.717) is 22.7 Å². The summed E-state index contributed by atoms with van der Waals surface area (Å²) in [6.07, 6.45) is 0. The highest BCUT2D eigenvalue weighted by Gasteiger charge is 2.14. The molecule has 2 amide bonds. The molecule has 0 fully saturated rings. The molecule has 0 heterocycles. The van der Waals surface area contributed by atoms with Gasteiger partial charge in [-0.3, -0.25) is 9.59 Å². The van der Waals surface area contributed by atoms with Gasteiger partial charge in [-0.05, 0) is 55.3 Å². The average Bonchev–Trinajstić information content (AvgIpc) is 2.50. The number of carbonyl (C=O) groups is 2. The number of rotatable bonds is 4. The summed E-state index contributed by atoms with van der Waals surface area (Å²) in [6.45, 7) is 5.42. The van der Waals surface area contributed by atoms with E-state index >= 15 is 0 Å². The lowest BCUT2D eigenvalue weighted by Gasteiger charge is -2.12.